The van der Waals surface area contributed by atoms with Crippen LogP contribution in [0.2, 0.25) is 0 Å². The highest BCUT2D eigenvalue weighted by Gasteiger charge is 2.13. The number of thioether (sulfide) groups is 1. The smallest absolute Gasteiger partial charge is 0.262 e. The Balaban J connectivity index is 2.41. The zero-order valence-electron chi connectivity index (χ0n) is 12.9. The molecular formula is C15H19N3O3S. The summed E-state index contributed by atoms with van der Waals surface area (Å²) < 4.78 is 6.63. The van der Waals surface area contributed by atoms with Gasteiger partial charge in [-0.25, -0.2) is 4.98 Å². The molecule has 0 atom stereocenters. The monoisotopic (exact) mass is 321 g/mol. The zero-order valence-corrected chi connectivity index (χ0v) is 13.7. The molecule has 0 unspecified atom stereocenters. The highest BCUT2D eigenvalue weighted by Crippen LogP contribution is 2.18. The Labute approximate surface area is 133 Å². The van der Waals surface area contributed by atoms with E-state index in [2.05, 4.69) is 4.98 Å². The van der Waals surface area contributed by atoms with Crippen molar-refractivity contribution in [2.45, 2.75) is 11.7 Å². The molecule has 0 saturated carbocycles. The van der Waals surface area contributed by atoms with Gasteiger partial charge in [0.25, 0.3) is 5.56 Å². The number of aromatic nitrogens is 2. The third-order valence-electron chi connectivity index (χ3n) is 3.17. The van der Waals surface area contributed by atoms with Crippen LogP contribution in [-0.4, -0.2) is 53.9 Å². The lowest BCUT2D eigenvalue weighted by Gasteiger charge is -2.14. The first-order chi connectivity index (χ1) is 10.5. The third kappa shape index (κ3) is 3.66. The lowest BCUT2D eigenvalue weighted by atomic mass is 10.2. The first-order valence-electron chi connectivity index (χ1n) is 6.86. The lowest BCUT2D eigenvalue weighted by molar-refractivity contribution is -0.125. The number of carbonyl (C=O) groups excluding carboxylic acids is 1. The lowest BCUT2D eigenvalue weighted by Crippen LogP contribution is -2.27. The van der Waals surface area contributed by atoms with Crippen molar-refractivity contribution in [3.05, 3.63) is 34.6 Å². The number of nitrogens with zero attached hydrogens (tertiary/aromatic N) is 3. The number of hydrogen-bond donors (Lipinski definition) is 0. The highest BCUT2D eigenvalue weighted by molar-refractivity contribution is 7.99. The second-order valence-electron chi connectivity index (χ2n) is 4.94. The number of methoxy groups -OCH3 is 1. The average molecular weight is 321 g/mol. The fraction of sp³-hybridized carbons (Fsp3) is 0.400. The number of fused-ring (bicyclic) bond motifs is 1. The summed E-state index contributed by atoms with van der Waals surface area (Å²) in [5, 5.41) is 1.11. The van der Waals surface area contributed by atoms with Gasteiger partial charge in [-0.2, -0.15) is 0 Å². The van der Waals surface area contributed by atoms with E-state index in [1.165, 1.54) is 16.7 Å². The molecule has 0 spiro atoms. The molecule has 0 aliphatic rings. The van der Waals surface area contributed by atoms with Crippen LogP contribution < -0.4 is 5.56 Å². The van der Waals surface area contributed by atoms with Crippen LogP contribution in [0.25, 0.3) is 10.9 Å². The van der Waals surface area contributed by atoms with Gasteiger partial charge in [0.1, 0.15) is 0 Å². The van der Waals surface area contributed by atoms with E-state index in [1.807, 2.05) is 12.1 Å². The topological polar surface area (TPSA) is 64.4 Å². The van der Waals surface area contributed by atoms with Crippen molar-refractivity contribution in [3.63, 3.8) is 0 Å². The summed E-state index contributed by atoms with van der Waals surface area (Å²) in [6, 6.07) is 7.21. The predicted octanol–water partition coefficient (Wildman–Crippen LogP) is 1.22. The summed E-state index contributed by atoms with van der Waals surface area (Å²) >= 11 is 1.27. The molecule has 1 heterocycles. The van der Waals surface area contributed by atoms with Crippen molar-refractivity contribution in [1.29, 1.82) is 0 Å². The molecule has 1 aromatic heterocycles. The van der Waals surface area contributed by atoms with E-state index >= 15 is 0 Å². The summed E-state index contributed by atoms with van der Waals surface area (Å²) in [7, 11) is 4.99. The van der Waals surface area contributed by atoms with Gasteiger partial charge in [-0.15, -0.1) is 0 Å². The van der Waals surface area contributed by atoms with Crippen molar-refractivity contribution < 1.29 is 9.53 Å². The molecule has 0 N–H and O–H groups in total. The van der Waals surface area contributed by atoms with Crippen LogP contribution in [0.3, 0.4) is 0 Å². The van der Waals surface area contributed by atoms with Gasteiger partial charge in [-0.3, -0.25) is 14.2 Å². The van der Waals surface area contributed by atoms with Gasteiger partial charge >= 0.3 is 0 Å². The molecule has 0 bridgehead atoms. The summed E-state index contributed by atoms with van der Waals surface area (Å²) in [5.74, 6) is 0.218. The first kappa shape index (κ1) is 16.5. The Morgan fingerprint density at radius 1 is 1.36 bits per heavy atom. The SMILES string of the molecule is COCCn1c(SCC(=O)N(C)C)nc2ccccc2c1=O. The van der Waals surface area contributed by atoms with Gasteiger partial charge in [0.05, 0.1) is 29.8 Å². The Morgan fingerprint density at radius 2 is 2.09 bits per heavy atom. The van der Waals surface area contributed by atoms with Crippen LogP contribution in [0, 0.1) is 0 Å². The molecule has 0 radical (unpaired) electrons. The normalized spacial score (nSPS) is 10.9. The number of benzene rings is 1. The first-order valence-corrected chi connectivity index (χ1v) is 7.84. The average Bonchev–Trinajstić information content (AvgIpc) is 2.51. The van der Waals surface area contributed by atoms with Crippen molar-refractivity contribution in [1.82, 2.24) is 14.5 Å². The minimum Gasteiger partial charge on any atom is -0.383 e. The van der Waals surface area contributed by atoms with E-state index in [-0.39, 0.29) is 17.2 Å². The van der Waals surface area contributed by atoms with E-state index in [0.29, 0.717) is 29.2 Å². The summed E-state index contributed by atoms with van der Waals surface area (Å²) in [6.45, 7) is 0.820. The van der Waals surface area contributed by atoms with E-state index < -0.39 is 0 Å². The van der Waals surface area contributed by atoms with Crippen LogP contribution >= 0.6 is 11.8 Å². The van der Waals surface area contributed by atoms with Gasteiger partial charge in [-0.05, 0) is 12.1 Å². The van der Waals surface area contributed by atoms with Crippen LogP contribution in [-0.2, 0) is 16.1 Å². The van der Waals surface area contributed by atoms with Gasteiger partial charge in [-0.1, -0.05) is 23.9 Å². The van der Waals surface area contributed by atoms with Crippen LogP contribution in [0.15, 0.2) is 34.2 Å². The van der Waals surface area contributed by atoms with Crippen molar-refractivity contribution in [2.75, 3.05) is 33.6 Å². The number of ether oxygens (including phenoxy) is 1. The van der Waals surface area contributed by atoms with E-state index in [9.17, 15) is 9.59 Å². The minimum absolute atomic E-state index is 0.0225. The molecule has 1 amide bonds. The van der Waals surface area contributed by atoms with E-state index in [0.717, 1.165) is 0 Å². The molecule has 0 aliphatic carbocycles. The molecule has 22 heavy (non-hydrogen) atoms. The molecule has 2 aromatic rings. The molecule has 6 nitrogen and oxygen atoms in total. The van der Waals surface area contributed by atoms with Crippen LogP contribution in [0.4, 0.5) is 0 Å². The second kappa shape index (κ2) is 7.42. The van der Waals surface area contributed by atoms with Gasteiger partial charge < -0.3 is 9.64 Å². The quantitative estimate of drug-likeness (QED) is 0.591. The summed E-state index contributed by atoms with van der Waals surface area (Å²) in [5.41, 5.74) is 0.531. The fourth-order valence-electron chi connectivity index (χ4n) is 1.89. The molecule has 0 saturated heterocycles. The van der Waals surface area contributed by atoms with E-state index in [4.69, 9.17) is 4.74 Å². The molecular weight excluding hydrogens is 302 g/mol. The standard InChI is InChI=1S/C15H19N3O3S/c1-17(2)13(19)10-22-15-16-12-7-5-4-6-11(12)14(20)18(15)8-9-21-3/h4-7H,8-10H2,1-3H3. The Kier molecular flexibility index (Phi) is 5.57. The Morgan fingerprint density at radius 3 is 2.77 bits per heavy atom. The second-order valence-corrected chi connectivity index (χ2v) is 5.88. The van der Waals surface area contributed by atoms with Crippen molar-refractivity contribution in [3.8, 4) is 0 Å². The zero-order chi connectivity index (χ0) is 16.1. The predicted molar refractivity (Wildman–Crippen MR) is 87.3 cm³/mol. The fourth-order valence-corrected chi connectivity index (χ4v) is 2.90. The molecule has 0 fully saturated rings. The maximum absolute atomic E-state index is 12.6. The number of rotatable bonds is 6. The maximum Gasteiger partial charge on any atom is 0.262 e. The number of amides is 1. The molecule has 118 valence electrons. The number of para-hydroxylation sites is 1. The third-order valence-corrected chi connectivity index (χ3v) is 4.13. The van der Waals surface area contributed by atoms with Crippen LogP contribution in [0.1, 0.15) is 0 Å². The Hall–Kier alpha value is -1.86. The molecule has 7 heteroatoms. The molecule has 0 aliphatic heterocycles. The van der Waals surface area contributed by atoms with Gasteiger partial charge in [0, 0.05) is 21.2 Å². The Bertz CT molecular complexity index is 728. The maximum atomic E-state index is 12.6. The largest absolute Gasteiger partial charge is 0.383 e. The van der Waals surface area contributed by atoms with E-state index in [1.54, 1.807) is 37.9 Å². The minimum atomic E-state index is -0.109. The number of carbonyl (C=O) groups is 1. The number of hydrogen-bond acceptors (Lipinski definition) is 5. The van der Waals surface area contributed by atoms with Crippen molar-refractivity contribution in [2.24, 2.45) is 0 Å². The molecule has 2 rings (SSSR count). The molecule has 1 aromatic carbocycles. The van der Waals surface area contributed by atoms with Crippen molar-refractivity contribution >= 4 is 28.6 Å². The summed E-state index contributed by atoms with van der Waals surface area (Å²) in [4.78, 5) is 30.4. The van der Waals surface area contributed by atoms with Crippen LogP contribution in [0.5, 0.6) is 0 Å². The van der Waals surface area contributed by atoms with Gasteiger partial charge in [0.2, 0.25) is 5.91 Å². The summed E-state index contributed by atoms with van der Waals surface area (Å²) in [6.07, 6.45) is 0. The highest BCUT2D eigenvalue weighted by atomic mass is 32.2. The van der Waals surface area contributed by atoms with Gasteiger partial charge in [0.15, 0.2) is 5.16 Å².